The van der Waals surface area contributed by atoms with Crippen LogP contribution in [-0.2, 0) is 17.8 Å². The fourth-order valence-corrected chi connectivity index (χ4v) is 2.25. The van der Waals surface area contributed by atoms with E-state index < -0.39 is 5.97 Å². The summed E-state index contributed by atoms with van der Waals surface area (Å²) in [6, 6.07) is 12.7. The highest BCUT2D eigenvalue weighted by atomic mass is 16.5. The maximum absolute atomic E-state index is 11.7. The summed E-state index contributed by atoms with van der Waals surface area (Å²) in [5.41, 5.74) is 1.72. The molecule has 0 spiro atoms. The van der Waals surface area contributed by atoms with E-state index in [1.54, 1.807) is 6.07 Å². The van der Waals surface area contributed by atoms with E-state index >= 15 is 0 Å². The second-order valence-electron chi connectivity index (χ2n) is 5.06. The molecule has 23 heavy (non-hydrogen) atoms. The van der Waals surface area contributed by atoms with Gasteiger partial charge in [0.25, 0.3) is 0 Å². The van der Waals surface area contributed by atoms with Gasteiger partial charge in [-0.2, -0.15) is 0 Å². The van der Waals surface area contributed by atoms with E-state index in [0.717, 1.165) is 5.56 Å². The Hall–Kier alpha value is -2.82. The number of methoxy groups -OCH3 is 1. The molecule has 0 aliphatic carbocycles. The van der Waals surface area contributed by atoms with Gasteiger partial charge in [0.05, 0.1) is 13.5 Å². The van der Waals surface area contributed by atoms with Crippen LogP contribution in [0.2, 0.25) is 0 Å². The normalized spacial score (nSPS) is 10.2. The van der Waals surface area contributed by atoms with Gasteiger partial charge in [-0.25, -0.2) is 0 Å². The minimum atomic E-state index is -1.01. The van der Waals surface area contributed by atoms with Crippen LogP contribution in [0.5, 0.6) is 11.5 Å². The van der Waals surface area contributed by atoms with Gasteiger partial charge >= 0.3 is 5.97 Å². The molecule has 2 aromatic rings. The molecule has 2 aromatic carbocycles. The monoisotopic (exact) mass is 314 g/mol. The van der Waals surface area contributed by atoms with Gasteiger partial charge in [0.2, 0.25) is 0 Å². The third-order valence-electron chi connectivity index (χ3n) is 3.35. The molecule has 0 aromatic heterocycles. The highest BCUT2D eigenvalue weighted by molar-refractivity contribution is 5.97. The van der Waals surface area contributed by atoms with Crippen LogP contribution in [0.15, 0.2) is 42.5 Å². The fraction of sp³-hybridized carbons (Fsp3) is 0.222. The van der Waals surface area contributed by atoms with Crippen molar-refractivity contribution in [2.45, 2.75) is 20.0 Å². The molecule has 0 unspecified atom stereocenters. The van der Waals surface area contributed by atoms with Crippen LogP contribution in [0.25, 0.3) is 0 Å². The fourth-order valence-electron chi connectivity index (χ4n) is 2.25. The predicted molar refractivity (Wildman–Crippen MR) is 85.1 cm³/mol. The molecular formula is C18H18O5. The molecule has 1 N–H and O–H groups in total. The van der Waals surface area contributed by atoms with Crippen molar-refractivity contribution < 1.29 is 24.2 Å². The molecule has 2 rings (SSSR count). The van der Waals surface area contributed by atoms with Crippen molar-refractivity contribution in [3.05, 3.63) is 59.2 Å². The molecule has 0 saturated carbocycles. The molecule has 0 aliphatic heterocycles. The lowest BCUT2D eigenvalue weighted by Gasteiger charge is -2.14. The van der Waals surface area contributed by atoms with E-state index in [9.17, 15) is 9.59 Å². The molecule has 0 heterocycles. The van der Waals surface area contributed by atoms with Gasteiger partial charge in [0, 0.05) is 5.56 Å². The molecule has 0 atom stereocenters. The number of hydrogen-bond acceptors (Lipinski definition) is 4. The zero-order valence-corrected chi connectivity index (χ0v) is 13.0. The Kier molecular flexibility index (Phi) is 5.36. The van der Waals surface area contributed by atoms with Gasteiger partial charge in [-0.3, -0.25) is 9.59 Å². The first kappa shape index (κ1) is 16.5. The third-order valence-corrected chi connectivity index (χ3v) is 3.35. The number of hydrogen-bond donors (Lipinski definition) is 1. The minimum Gasteiger partial charge on any atom is -0.493 e. The lowest BCUT2D eigenvalue weighted by molar-refractivity contribution is -0.136. The lowest BCUT2D eigenvalue weighted by Crippen LogP contribution is -2.08. The number of carbonyl (C=O) groups is 2. The van der Waals surface area contributed by atoms with Gasteiger partial charge in [-0.15, -0.1) is 0 Å². The first-order valence-corrected chi connectivity index (χ1v) is 7.11. The largest absolute Gasteiger partial charge is 0.493 e. The van der Waals surface area contributed by atoms with Gasteiger partial charge in [-0.05, 0) is 30.2 Å². The number of rotatable bonds is 7. The molecule has 0 amide bonds. The number of ether oxygens (including phenoxy) is 2. The van der Waals surface area contributed by atoms with Crippen molar-refractivity contribution in [3.8, 4) is 11.5 Å². The Morgan fingerprint density at radius 1 is 1.09 bits per heavy atom. The molecule has 5 nitrogen and oxygen atoms in total. The Labute approximate surface area is 134 Å². The predicted octanol–water partition coefficient (Wildman–Crippen LogP) is 3.10. The van der Waals surface area contributed by atoms with Crippen molar-refractivity contribution >= 4 is 11.8 Å². The van der Waals surface area contributed by atoms with Crippen LogP contribution in [0, 0.1) is 0 Å². The van der Waals surface area contributed by atoms with Gasteiger partial charge < -0.3 is 14.6 Å². The minimum absolute atomic E-state index is 0.214. The Morgan fingerprint density at radius 3 is 2.35 bits per heavy atom. The first-order chi connectivity index (χ1) is 11.0. The van der Waals surface area contributed by atoms with Crippen LogP contribution in [0.1, 0.15) is 28.4 Å². The molecule has 0 fully saturated rings. The van der Waals surface area contributed by atoms with Gasteiger partial charge in [0.1, 0.15) is 6.61 Å². The van der Waals surface area contributed by atoms with Gasteiger partial charge in [0.15, 0.2) is 17.3 Å². The van der Waals surface area contributed by atoms with Crippen molar-refractivity contribution in [3.63, 3.8) is 0 Å². The summed E-state index contributed by atoms with van der Waals surface area (Å²) in [6.45, 7) is 1.72. The zero-order valence-electron chi connectivity index (χ0n) is 13.0. The van der Waals surface area contributed by atoms with Crippen LogP contribution < -0.4 is 9.47 Å². The number of aliphatic carboxylic acids is 1. The maximum atomic E-state index is 11.7. The summed E-state index contributed by atoms with van der Waals surface area (Å²) in [5.74, 6) is -0.404. The highest BCUT2D eigenvalue weighted by Gasteiger charge is 2.16. The smallest absolute Gasteiger partial charge is 0.307 e. The van der Waals surface area contributed by atoms with E-state index in [4.69, 9.17) is 14.6 Å². The quantitative estimate of drug-likeness (QED) is 0.795. The van der Waals surface area contributed by atoms with E-state index in [1.165, 1.54) is 20.1 Å². The molecule has 0 radical (unpaired) electrons. The van der Waals surface area contributed by atoms with Crippen molar-refractivity contribution in [2.24, 2.45) is 0 Å². The van der Waals surface area contributed by atoms with Crippen molar-refractivity contribution in [2.75, 3.05) is 7.11 Å². The molecule has 120 valence electrons. The first-order valence-electron chi connectivity index (χ1n) is 7.11. The molecule has 0 saturated heterocycles. The van der Waals surface area contributed by atoms with E-state index in [0.29, 0.717) is 29.2 Å². The Morgan fingerprint density at radius 2 is 1.78 bits per heavy atom. The maximum Gasteiger partial charge on any atom is 0.307 e. The number of carboxylic acid groups (broad SMARTS) is 1. The summed E-state index contributed by atoms with van der Waals surface area (Å²) in [5, 5.41) is 9.02. The number of Topliss-reactive ketones (excluding diaryl/α,β-unsaturated/α-hetero) is 1. The number of carbonyl (C=O) groups excluding carboxylic acids is 1. The van der Waals surface area contributed by atoms with Crippen molar-refractivity contribution in [1.29, 1.82) is 0 Å². The topological polar surface area (TPSA) is 72.8 Å². The van der Waals surface area contributed by atoms with Crippen LogP contribution in [0.4, 0.5) is 0 Å². The summed E-state index contributed by atoms with van der Waals surface area (Å²) in [4.78, 5) is 22.7. The Balaban J connectivity index is 2.33. The Bertz CT molecular complexity index is 707. The summed E-state index contributed by atoms with van der Waals surface area (Å²) >= 11 is 0. The number of benzene rings is 2. The number of carboxylic acids is 1. The standard InChI is InChI=1S/C18H18O5/c1-12(19)15-10-16(22-2)17(8-14(15)9-18(20)21)23-11-13-6-4-3-5-7-13/h3-8,10H,9,11H2,1-2H3,(H,20,21). The molecule has 5 heteroatoms. The van der Waals surface area contributed by atoms with Crippen molar-refractivity contribution in [1.82, 2.24) is 0 Å². The molecule has 0 aliphatic rings. The molecule has 0 bridgehead atoms. The zero-order chi connectivity index (χ0) is 16.8. The second-order valence-corrected chi connectivity index (χ2v) is 5.06. The average Bonchev–Trinajstić information content (AvgIpc) is 2.53. The summed E-state index contributed by atoms with van der Waals surface area (Å²) < 4.78 is 11.0. The van der Waals surface area contributed by atoms with Crippen LogP contribution in [-0.4, -0.2) is 24.0 Å². The number of ketones is 1. The summed E-state index contributed by atoms with van der Waals surface area (Å²) in [7, 11) is 1.48. The van der Waals surface area contributed by atoms with E-state index in [2.05, 4.69) is 0 Å². The van der Waals surface area contributed by atoms with Crippen LogP contribution >= 0.6 is 0 Å². The SMILES string of the molecule is COc1cc(C(C)=O)c(CC(=O)O)cc1OCc1ccccc1. The van der Waals surface area contributed by atoms with Gasteiger partial charge in [-0.1, -0.05) is 30.3 Å². The van der Waals surface area contributed by atoms with E-state index in [1.807, 2.05) is 30.3 Å². The average molecular weight is 314 g/mol. The highest BCUT2D eigenvalue weighted by Crippen LogP contribution is 2.32. The molecular weight excluding hydrogens is 296 g/mol. The second kappa shape index (κ2) is 7.45. The lowest BCUT2D eigenvalue weighted by atomic mass is 10.0. The summed E-state index contributed by atoms with van der Waals surface area (Å²) in [6.07, 6.45) is -0.249. The van der Waals surface area contributed by atoms with Crippen LogP contribution in [0.3, 0.4) is 0 Å². The van der Waals surface area contributed by atoms with E-state index in [-0.39, 0.29) is 12.2 Å². The third kappa shape index (κ3) is 4.32.